The highest BCUT2D eigenvalue weighted by Gasteiger charge is 2.18. The number of rotatable bonds is 1. The van der Waals surface area contributed by atoms with Gasteiger partial charge < -0.3 is 5.32 Å². The second-order valence-electron chi connectivity index (χ2n) is 6.28. The minimum atomic E-state index is 0.199. The number of hydrogen-bond acceptors (Lipinski definition) is 2. The van der Waals surface area contributed by atoms with E-state index in [9.17, 15) is 0 Å². The van der Waals surface area contributed by atoms with Crippen LogP contribution >= 0.6 is 0 Å². The van der Waals surface area contributed by atoms with Crippen LogP contribution in [0.4, 0.5) is 0 Å². The number of fused-ring (bicyclic) bond motifs is 1. The molecule has 1 aliphatic rings. The molecule has 1 aromatic heterocycles. The third kappa shape index (κ3) is 2.30. The summed E-state index contributed by atoms with van der Waals surface area (Å²) in [6.07, 6.45) is 1.04. The average molecular weight is 255 g/mol. The van der Waals surface area contributed by atoms with Gasteiger partial charge in [0, 0.05) is 36.3 Å². The van der Waals surface area contributed by atoms with E-state index in [-0.39, 0.29) is 5.41 Å². The fraction of sp³-hybridized carbons (Fsp3) is 0.438. The summed E-state index contributed by atoms with van der Waals surface area (Å²) in [7, 11) is 0. The summed E-state index contributed by atoms with van der Waals surface area (Å²) >= 11 is 0. The molecule has 3 heteroatoms. The van der Waals surface area contributed by atoms with Crippen LogP contribution in [0, 0.1) is 0 Å². The monoisotopic (exact) mass is 255 g/mol. The molecule has 19 heavy (non-hydrogen) atoms. The van der Waals surface area contributed by atoms with Crippen LogP contribution in [-0.4, -0.2) is 16.7 Å². The molecule has 0 radical (unpaired) electrons. The molecule has 3 nitrogen and oxygen atoms in total. The molecular weight excluding hydrogens is 234 g/mol. The van der Waals surface area contributed by atoms with Crippen LogP contribution in [0.3, 0.4) is 0 Å². The zero-order chi connectivity index (χ0) is 13.5. The highest BCUT2D eigenvalue weighted by Crippen LogP contribution is 2.28. The summed E-state index contributed by atoms with van der Waals surface area (Å²) in [5.74, 6) is 0. The Hall–Kier alpha value is -1.61. The maximum Gasteiger partial charge on any atom is 0.0968 e. The minimum absolute atomic E-state index is 0.199. The lowest BCUT2D eigenvalue weighted by molar-refractivity contribution is 0.590. The fourth-order valence-electron chi connectivity index (χ4n) is 2.59. The maximum absolute atomic E-state index is 4.49. The lowest BCUT2D eigenvalue weighted by Crippen LogP contribution is -2.23. The molecule has 0 spiro atoms. The number of nitrogens with one attached hydrogen (secondary N) is 2. The summed E-state index contributed by atoms with van der Waals surface area (Å²) in [6.45, 7) is 8.67. The van der Waals surface area contributed by atoms with Gasteiger partial charge in [0.2, 0.25) is 0 Å². The second-order valence-corrected chi connectivity index (χ2v) is 6.28. The lowest BCUT2D eigenvalue weighted by Gasteiger charge is -2.19. The summed E-state index contributed by atoms with van der Waals surface area (Å²) < 4.78 is 0. The van der Waals surface area contributed by atoms with Gasteiger partial charge in [-0.1, -0.05) is 45.0 Å². The molecule has 0 bridgehead atoms. The van der Waals surface area contributed by atoms with Gasteiger partial charge in [-0.15, -0.1) is 0 Å². The van der Waals surface area contributed by atoms with E-state index in [0.29, 0.717) is 0 Å². The Morgan fingerprint density at radius 3 is 2.53 bits per heavy atom. The Morgan fingerprint density at radius 2 is 1.84 bits per heavy atom. The molecule has 0 saturated carbocycles. The van der Waals surface area contributed by atoms with E-state index >= 15 is 0 Å². The van der Waals surface area contributed by atoms with Crippen LogP contribution in [0.1, 0.15) is 37.6 Å². The number of aromatic amines is 1. The Balaban J connectivity index is 1.97. The van der Waals surface area contributed by atoms with E-state index in [4.69, 9.17) is 0 Å². The van der Waals surface area contributed by atoms with Crippen LogP contribution in [0.2, 0.25) is 0 Å². The van der Waals surface area contributed by atoms with Crippen molar-refractivity contribution >= 4 is 0 Å². The van der Waals surface area contributed by atoms with Crippen molar-refractivity contribution in [1.29, 1.82) is 0 Å². The van der Waals surface area contributed by atoms with E-state index in [1.54, 1.807) is 0 Å². The SMILES string of the molecule is CC(C)(C)c1ccc(-c2n[nH]c3c2CNCC3)cc1. The van der Waals surface area contributed by atoms with Crippen molar-refractivity contribution in [2.24, 2.45) is 0 Å². The highest BCUT2D eigenvalue weighted by atomic mass is 15.1. The Labute approximate surface area is 114 Å². The molecule has 3 rings (SSSR count). The van der Waals surface area contributed by atoms with Crippen molar-refractivity contribution in [3.63, 3.8) is 0 Å². The molecule has 2 heterocycles. The molecule has 0 unspecified atom stereocenters. The van der Waals surface area contributed by atoms with Crippen LogP contribution in [0.25, 0.3) is 11.3 Å². The smallest absolute Gasteiger partial charge is 0.0968 e. The molecule has 0 fully saturated rings. The molecule has 0 saturated heterocycles. The average Bonchev–Trinajstić information content (AvgIpc) is 2.82. The second kappa shape index (κ2) is 4.49. The largest absolute Gasteiger partial charge is 0.312 e. The Kier molecular flexibility index (Phi) is 2.94. The fourth-order valence-corrected chi connectivity index (χ4v) is 2.59. The van der Waals surface area contributed by atoms with Gasteiger partial charge in [0.15, 0.2) is 0 Å². The van der Waals surface area contributed by atoms with Crippen LogP contribution in [0.15, 0.2) is 24.3 Å². The molecule has 1 aromatic carbocycles. The predicted octanol–water partition coefficient (Wildman–Crippen LogP) is 3.02. The lowest BCUT2D eigenvalue weighted by atomic mass is 9.86. The van der Waals surface area contributed by atoms with Gasteiger partial charge in [0.1, 0.15) is 0 Å². The van der Waals surface area contributed by atoms with Gasteiger partial charge in [-0.05, 0) is 11.0 Å². The van der Waals surface area contributed by atoms with Crippen LogP contribution < -0.4 is 5.32 Å². The molecule has 100 valence electrons. The van der Waals surface area contributed by atoms with Crippen LogP contribution in [-0.2, 0) is 18.4 Å². The number of benzene rings is 1. The molecule has 1 aliphatic heterocycles. The van der Waals surface area contributed by atoms with E-state index in [2.05, 4.69) is 60.6 Å². The van der Waals surface area contributed by atoms with Crippen molar-refractivity contribution < 1.29 is 0 Å². The molecular formula is C16H21N3. The first-order chi connectivity index (χ1) is 9.05. The topological polar surface area (TPSA) is 40.7 Å². The molecule has 2 N–H and O–H groups in total. The predicted molar refractivity (Wildman–Crippen MR) is 78.1 cm³/mol. The quantitative estimate of drug-likeness (QED) is 0.822. The summed E-state index contributed by atoms with van der Waals surface area (Å²) in [5.41, 5.74) is 6.48. The molecule has 0 atom stereocenters. The van der Waals surface area contributed by atoms with E-state index in [0.717, 1.165) is 25.2 Å². The number of aromatic nitrogens is 2. The molecule has 0 amide bonds. The Bertz CT molecular complexity index is 573. The number of nitrogens with zero attached hydrogens (tertiary/aromatic N) is 1. The van der Waals surface area contributed by atoms with Gasteiger partial charge >= 0.3 is 0 Å². The summed E-state index contributed by atoms with van der Waals surface area (Å²) in [6, 6.07) is 8.80. The standard InChI is InChI=1S/C16H21N3/c1-16(2,3)12-6-4-11(5-7-12)15-13-10-17-9-8-14(13)18-19-15/h4-7,17H,8-10H2,1-3H3,(H,18,19). The van der Waals surface area contributed by atoms with Crippen molar-refractivity contribution in [2.45, 2.75) is 39.2 Å². The van der Waals surface area contributed by atoms with Crippen molar-refractivity contribution in [3.8, 4) is 11.3 Å². The van der Waals surface area contributed by atoms with Gasteiger partial charge in [0.25, 0.3) is 0 Å². The maximum atomic E-state index is 4.49. The molecule has 2 aromatic rings. The van der Waals surface area contributed by atoms with Gasteiger partial charge in [-0.2, -0.15) is 5.10 Å². The third-order valence-corrected chi connectivity index (χ3v) is 3.83. The first kappa shape index (κ1) is 12.4. The Morgan fingerprint density at radius 1 is 1.11 bits per heavy atom. The highest BCUT2D eigenvalue weighted by molar-refractivity contribution is 5.64. The molecule has 0 aliphatic carbocycles. The zero-order valence-corrected chi connectivity index (χ0v) is 11.9. The van der Waals surface area contributed by atoms with Gasteiger partial charge in [-0.25, -0.2) is 0 Å². The summed E-state index contributed by atoms with van der Waals surface area (Å²) in [4.78, 5) is 0. The number of H-pyrrole nitrogens is 1. The van der Waals surface area contributed by atoms with E-state index in [1.807, 2.05) is 0 Å². The normalized spacial score (nSPS) is 15.3. The van der Waals surface area contributed by atoms with Crippen molar-refractivity contribution in [1.82, 2.24) is 15.5 Å². The van der Waals surface area contributed by atoms with Crippen LogP contribution in [0.5, 0.6) is 0 Å². The first-order valence-corrected chi connectivity index (χ1v) is 6.93. The minimum Gasteiger partial charge on any atom is -0.312 e. The van der Waals surface area contributed by atoms with Gasteiger partial charge in [-0.3, -0.25) is 5.10 Å². The zero-order valence-electron chi connectivity index (χ0n) is 11.9. The first-order valence-electron chi connectivity index (χ1n) is 6.93. The van der Waals surface area contributed by atoms with Crippen molar-refractivity contribution in [3.05, 3.63) is 41.1 Å². The number of hydrogen-bond donors (Lipinski definition) is 2. The third-order valence-electron chi connectivity index (χ3n) is 3.83. The van der Waals surface area contributed by atoms with E-state index < -0.39 is 0 Å². The van der Waals surface area contributed by atoms with Gasteiger partial charge in [0.05, 0.1) is 5.69 Å². The van der Waals surface area contributed by atoms with E-state index in [1.165, 1.54) is 22.4 Å². The van der Waals surface area contributed by atoms with Crippen molar-refractivity contribution in [2.75, 3.05) is 6.54 Å². The summed E-state index contributed by atoms with van der Waals surface area (Å²) in [5, 5.41) is 11.1.